The van der Waals surface area contributed by atoms with Gasteiger partial charge < -0.3 is 10.6 Å². The van der Waals surface area contributed by atoms with E-state index in [1.807, 2.05) is 0 Å². The van der Waals surface area contributed by atoms with Crippen molar-refractivity contribution >= 4 is 43.2 Å². The molecule has 33 heavy (non-hydrogen) atoms. The summed E-state index contributed by atoms with van der Waals surface area (Å²) in [5.74, 6) is 0. The maximum Gasteiger partial charge on any atom is 0.212 e. The molecule has 0 aliphatic heterocycles. The lowest BCUT2D eigenvalue weighted by Crippen LogP contribution is -2.36. The second-order valence-corrected chi connectivity index (χ2v) is 11.0. The minimum atomic E-state index is 0.320. The number of anilines is 2. The first-order valence-corrected chi connectivity index (χ1v) is 14.7. The average Bonchev–Trinajstić information content (AvgIpc) is 2.84. The average molecular weight is 584 g/mol. The zero-order valence-corrected chi connectivity index (χ0v) is 23.8. The molecule has 2 aromatic rings. The van der Waals surface area contributed by atoms with Gasteiger partial charge >= 0.3 is 0 Å². The molecule has 0 aliphatic rings. The van der Waals surface area contributed by atoms with Crippen molar-refractivity contribution < 1.29 is 9.13 Å². The summed E-state index contributed by atoms with van der Waals surface area (Å²) < 4.78 is 4.50. The Bertz CT molecular complexity index is 673. The van der Waals surface area contributed by atoms with E-state index in [9.17, 15) is 0 Å². The van der Waals surface area contributed by atoms with Gasteiger partial charge in [0.1, 0.15) is 0 Å². The molecular formula is C27H44Br2N4+2. The molecule has 0 radical (unpaired) electrons. The standard InChI is InChI=1S/C27H42Br2N4/c1-3-5-7-9-18-30-24-14-20-32(21-15-24)26(28)12-11-13-27(29)33-22-16-25(17-23-33)31-19-10-8-6-4-2/h14-17,20-23,26-27H,3-13,18-19H2,1-2H3/p+2. The molecule has 0 saturated heterocycles. The van der Waals surface area contributed by atoms with Crippen molar-refractivity contribution in [3.05, 3.63) is 49.1 Å². The maximum absolute atomic E-state index is 3.86. The minimum absolute atomic E-state index is 0.320. The number of alkyl halides is 2. The lowest BCUT2D eigenvalue weighted by atomic mass is 10.2. The number of pyridine rings is 2. The van der Waals surface area contributed by atoms with Gasteiger partial charge in [-0.1, -0.05) is 52.4 Å². The summed E-state index contributed by atoms with van der Waals surface area (Å²) in [6.45, 7) is 6.62. The van der Waals surface area contributed by atoms with Gasteiger partial charge in [0.25, 0.3) is 0 Å². The van der Waals surface area contributed by atoms with Gasteiger partial charge in [0.05, 0.1) is 0 Å². The van der Waals surface area contributed by atoms with E-state index < -0.39 is 0 Å². The van der Waals surface area contributed by atoms with Crippen LogP contribution in [0.2, 0.25) is 0 Å². The highest BCUT2D eigenvalue weighted by atomic mass is 79.9. The summed E-state index contributed by atoms with van der Waals surface area (Å²) in [6, 6.07) is 8.71. The lowest BCUT2D eigenvalue weighted by molar-refractivity contribution is -0.701. The van der Waals surface area contributed by atoms with Crippen molar-refractivity contribution in [3.8, 4) is 0 Å². The number of rotatable bonds is 18. The fraction of sp³-hybridized carbons (Fsp3) is 0.630. The van der Waals surface area contributed by atoms with Crippen molar-refractivity contribution in [2.45, 2.75) is 94.4 Å². The Morgan fingerprint density at radius 1 is 0.606 bits per heavy atom. The Morgan fingerprint density at radius 3 is 1.36 bits per heavy atom. The van der Waals surface area contributed by atoms with E-state index >= 15 is 0 Å². The third-order valence-corrected chi connectivity index (χ3v) is 7.82. The van der Waals surface area contributed by atoms with Crippen molar-refractivity contribution in [2.24, 2.45) is 0 Å². The van der Waals surface area contributed by atoms with Crippen LogP contribution < -0.4 is 19.8 Å². The number of hydrogen-bond donors (Lipinski definition) is 2. The molecule has 0 spiro atoms. The smallest absolute Gasteiger partial charge is 0.212 e. The van der Waals surface area contributed by atoms with Gasteiger partial charge in [-0.25, -0.2) is 0 Å². The molecule has 0 saturated carbocycles. The highest BCUT2D eigenvalue weighted by molar-refractivity contribution is 9.09. The van der Waals surface area contributed by atoms with Gasteiger partial charge in [0, 0.05) is 61.6 Å². The van der Waals surface area contributed by atoms with E-state index in [1.165, 1.54) is 62.7 Å². The molecule has 0 aliphatic carbocycles. The van der Waals surface area contributed by atoms with Crippen LogP contribution >= 0.6 is 31.9 Å². The molecule has 184 valence electrons. The second kappa shape index (κ2) is 17.3. The molecule has 0 bridgehead atoms. The van der Waals surface area contributed by atoms with Crippen molar-refractivity contribution in [1.29, 1.82) is 0 Å². The maximum atomic E-state index is 3.86. The minimum Gasteiger partial charge on any atom is -0.385 e. The third-order valence-electron chi connectivity index (χ3n) is 5.96. The molecule has 2 unspecified atom stereocenters. The van der Waals surface area contributed by atoms with E-state index in [1.54, 1.807) is 0 Å². The molecule has 2 N–H and O–H groups in total. The van der Waals surface area contributed by atoms with Gasteiger partial charge in [-0.3, -0.25) is 0 Å². The highest BCUT2D eigenvalue weighted by Crippen LogP contribution is 2.22. The summed E-state index contributed by atoms with van der Waals surface area (Å²) in [6.07, 6.45) is 22.3. The van der Waals surface area contributed by atoms with E-state index in [0.717, 1.165) is 32.4 Å². The Morgan fingerprint density at radius 2 is 1.00 bits per heavy atom. The van der Waals surface area contributed by atoms with Gasteiger partial charge in [-0.05, 0) is 51.1 Å². The third kappa shape index (κ3) is 11.7. The van der Waals surface area contributed by atoms with Crippen molar-refractivity contribution in [2.75, 3.05) is 23.7 Å². The summed E-state index contributed by atoms with van der Waals surface area (Å²) in [7, 11) is 0. The van der Waals surface area contributed by atoms with E-state index in [-0.39, 0.29) is 0 Å². The molecule has 0 amide bonds. The van der Waals surface area contributed by atoms with Crippen LogP contribution in [-0.4, -0.2) is 13.1 Å². The summed E-state index contributed by atoms with van der Waals surface area (Å²) in [4.78, 5) is 0.639. The molecule has 0 aromatic carbocycles. The normalized spacial score (nSPS) is 13.0. The number of unbranched alkanes of at least 4 members (excludes halogenated alkanes) is 6. The van der Waals surface area contributed by atoms with Crippen molar-refractivity contribution in [3.63, 3.8) is 0 Å². The van der Waals surface area contributed by atoms with Crippen LogP contribution in [0.4, 0.5) is 11.4 Å². The predicted octanol–water partition coefficient (Wildman–Crippen LogP) is 7.90. The van der Waals surface area contributed by atoms with Crippen LogP contribution in [0.5, 0.6) is 0 Å². The van der Waals surface area contributed by atoms with Crippen molar-refractivity contribution in [1.82, 2.24) is 0 Å². The van der Waals surface area contributed by atoms with E-state index in [4.69, 9.17) is 0 Å². The molecule has 2 heterocycles. The molecule has 6 heteroatoms. The Kier molecular flexibility index (Phi) is 14.7. The molecule has 2 atom stereocenters. The second-order valence-electron chi connectivity index (χ2n) is 8.84. The zero-order valence-electron chi connectivity index (χ0n) is 20.6. The van der Waals surface area contributed by atoms with E-state index in [0.29, 0.717) is 9.90 Å². The summed E-state index contributed by atoms with van der Waals surface area (Å²) in [5, 5.41) is 7.05. The topological polar surface area (TPSA) is 31.8 Å². The quantitative estimate of drug-likeness (QED) is 0.106. The van der Waals surface area contributed by atoms with Crippen LogP contribution in [-0.2, 0) is 0 Å². The Labute approximate surface area is 218 Å². The number of hydrogen-bond acceptors (Lipinski definition) is 2. The monoisotopic (exact) mass is 582 g/mol. The molecule has 2 rings (SSSR count). The van der Waals surface area contributed by atoms with Crippen LogP contribution in [0.25, 0.3) is 0 Å². The fourth-order valence-corrected chi connectivity index (χ4v) is 5.00. The van der Waals surface area contributed by atoms with Crippen LogP contribution in [0.1, 0.15) is 94.4 Å². The summed E-state index contributed by atoms with van der Waals surface area (Å²) in [5.41, 5.74) is 2.41. The van der Waals surface area contributed by atoms with Gasteiger partial charge in [-0.15, -0.1) is 0 Å². The number of halogens is 2. The fourth-order valence-electron chi connectivity index (χ4n) is 3.81. The number of nitrogens with one attached hydrogen (secondary N) is 2. The molecule has 2 aromatic heterocycles. The Balaban J connectivity index is 1.66. The summed E-state index contributed by atoms with van der Waals surface area (Å²) >= 11 is 7.72. The van der Waals surface area contributed by atoms with Gasteiger partial charge in [0.2, 0.25) is 9.90 Å². The highest BCUT2D eigenvalue weighted by Gasteiger charge is 2.18. The molecular weight excluding hydrogens is 540 g/mol. The van der Waals surface area contributed by atoms with Crippen LogP contribution in [0, 0.1) is 0 Å². The first kappa shape index (κ1) is 28.1. The first-order chi connectivity index (χ1) is 16.1. The predicted molar refractivity (Wildman–Crippen MR) is 148 cm³/mol. The van der Waals surface area contributed by atoms with Gasteiger partial charge in [-0.2, -0.15) is 9.13 Å². The van der Waals surface area contributed by atoms with E-state index in [2.05, 4.69) is 115 Å². The molecule has 0 fully saturated rings. The van der Waals surface area contributed by atoms with Gasteiger partial charge in [0.15, 0.2) is 24.8 Å². The van der Waals surface area contributed by atoms with Crippen LogP contribution in [0.3, 0.4) is 0 Å². The first-order valence-electron chi connectivity index (χ1n) is 12.9. The Hall–Kier alpha value is -1.14. The number of nitrogens with zero attached hydrogens (tertiary/aromatic N) is 2. The van der Waals surface area contributed by atoms with Crippen LogP contribution in [0.15, 0.2) is 49.1 Å². The largest absolute Gasteiger partial charge is 0.385 e. The number of aromatic nitrogens is 2. The molecule has 4 nitrogen and oxygen atoms in total. The zero-order chi connectivity index (χ0) is 23.7. The lowest BCUT2D eigenvalue weighted by Gasteiger charge is -2.10. The SMILES string of the molecule is CCCCCCNc1cc[n+](C(Br)CCCC(Br)[n+]2ccc(NCCCCCC)cc2)cc1.